The van der Waals surface area contributed by atoms with Gasteiger partial charge in [0.25, 0.3) is 0 Å². The van der Waals surface area contributed by atoms with Crippen molar-refractivity contribution in [2.75, 3.05) is 18.0 Å². The highest BCUT2D eigenvalue weighted by Gasteiger charge is 2.33. The van der Waals surface area contributed by atoms with E-state index in [2.05, 4.69) is 10.2 Å². The van der Waals surface area contributed by atoms with Crippen LogP contribution in [0.25, 0.3) is 0 Å². The Morgan fingerprint density at radius 1 is 1.18 bits per heavy atom. The number of benzene rings is 1. The molecule has 1 N–H and O–H groups in total. The summed E-state index contributed by atoms with van der Waals surface area (Å²) in [5.74, 6) is -0.0845. The molecule has 0 amide bonds. The second-order valence-corrected chi connectivity index (χ2v) is 5.06. The van der Waals surface area contributed by atoms with Gasteiger partial charge in [-0.2, -0.15) is 0 Å². The fraction of sp³-hybridized carbons (Fsp3) is 0.571. The van der Waals surface area contributed by atoms with Gasteiger partial charge < -0.3 is 10.2 Å². The molecule has 1 aliphatic carbocycles. The van der Waals surface area contributed by atoms with E-state index in [0.29, 0.717) is 12.1 Å². The molecule has 92 valence electrons. The SMILES string of the molecule is Fc1ccccc1N1CCN[C@H]2CCCC[C@@H]21. The molecule has 2 atom stereocenters. The number of para-hydroxylation sites is 1. The Hall–Kier alpha value is -1.09. The first-order chi connectivity index (χ1) is 8.36. The van der Waals surface area contributed by atoms with E-state index < -0.39 is 0 Å². The zero-order chi connectivity index (χ0) is 11.7. The summed E-state index contributed by atoms with van der Waals surface area (Å²) in [5.41, 5.74) is 0.783. The van der Waals surface area contributed by atoms with Gasteiger partial charge in [0.15, 0.2) is 0 Å². The topological polar surface area (TPSA) is 15.3 Å². The van der Waals surface area contributed by atoms with Crippen LogP contribution in [-0.2, 0) is 0 Å². The van der Waals surface area contributed by atoms with Gasteiger partial charge in [0.1, 0.15) is 5.82 Å². The number of hydrogen-bond donors (Lipinski definition) is 1. The standard InChI is InChI=1S/C14H19FN2/c15-11-5-1-3-7-13(11)17-10-9-16-12-6-2-4-8-14(12)17/h1,3,5,7,12,14,16H,2,4,6,8-10H2/t12-,14-/m0/s1. The molecule has 0 radical (unpaired) electrons. The Bertz CT molecular complexity index is 392. The molecule has 0 spiro atoms. The molecule has 1 aliphatic heterocycles. The summed E-state index contributed by atoms with van der Waals surface area (Å²) in [7, 11) is 0. The first-order valence-electron chi connectivity index (χ1n) is 6.61. The van der Waals surface area contributed by atoms with E-state index in [9.17, 15) is 4.39 Å². The van der Waals surface area contributed by atoms with Crippen molar-refractivity contribution in [3.63, 3.8) is 0 Å². The van der Waals surface area contributed by atoms with Crippen LogP contribution in [-0.4, -0.2) is 25.2 Å². The van der Waals surface area contributed by atoms with Gasteiger partial charge in [-0.15, -0.1) is 0 Å². The molecule has 0 unspecified atom stereocenters. The second-order valence-electron chi connectivity index (χ2n) is 5.06. The minimum Gasteiger partial charge on any atom is -0.363 e. The number of nitrogens with one attached hydrogen (secondary N) is 1. The van der Waals surface area contributed by atoms with E-state index in [1.807, 2.05) is 12.1 Å². The highest BCUT2D eigenvalue weighted by Crippen LogP contribution is 2.30. The number of anilines is 1. The van der Waals surface area contributed by atoms with Crippen LogP contribution >= 0.6 is 0 Å². The van der Waals surface area contributed by atoms with Gasteiger partial charge in [-0.25, -0.2) is 4.39 Å². The fourth-order valence-corrected chi connectivity index (χ4v) is 3.24. The van der Waals surface area contributed by atoms with E-state index >= 15 is 0 Å². The number of piperazine rings is 1. The predicted molar refractivity (Wildman–Crippen MR) is 67.8 cm³/mol. The molecule has 1 aromatic carbocycles. The van der Waals surface area contributed by atoms with Crippen molar-refractivity contribution in [3.8, 4) is 0 Å². The van der Waals surface area contributed by atoms with Gasteiger partial charge in [0.05, 0.1) is 5.69 Å². The summed E-state index contributed by atoms with van der Waals surface area (Å²) in [6, 6.07) is 8.20. The van der Waals surface area contributed by atoms with E-state index in [1.165, 1.54) is 25.7 Å². The Morgan fingerprint density at radius 2 is 2.00 bits per heavy atom. The highest BCUT2D eigenvalue weighted by molar-refractivity contribution is 5.49. The molecular formula is C14H19FN2. The Kier molecular flexibility index (Phi) is 3.02. The van der Waals surface area contributed by atoms with Crippen molar-refractivity contribution in [3.05, 3.63) is 30.1 Å². The van der Waals surface area contributed by atoms with E-state index in [1.54, 1.807) is 12.1 Å². The third-order valence-corrected chi connectivity index (χ3v) is 4.05. The van der Waals surface area contributed by atoms with Crippen LogP contribution in [0.4, 0.5) is 10.1 Å². The van der Waals surface area contributed by atoms with E-state index in [-0.39, 0.29) is 5.82 Å². The van der Waals surface area contributed by atoms with Crippen LogP contribution in [0.2, 0.25) is 0 Å². The van der Waals surface area contributed by atoms with Gasteiger partial charge >= 0.3 is 0 Å². The van der Waals surface area contributed by atoms with Crippen LogP contribution < -0.4 is 10.2 Å². The van der Waals surface area contributed by atoms with Crippen LogP contribution in [0.5, 0.6) is 0 Å². The van der Waals surface area contributed by atoms with Gasteiger partial charge in [-0.05, 0) is 25.0 Å². The number of hydrogen-bond acceptors (Lipinski definition) is 2. The van der Waals surface area contributed by atoms with Crippen molar-refractivity contribution in [2.45, 2.75) is 37.8 Å². The number of nitrogens with zero attached hydrogens (tertiary/aromatic N) is 1. The molecule has 1 aromatic rings. The predicted octanol–water partition coefficient (Wildman–Crippen LogP) is 2.55. The monoisotopic (exact) mass is 234 g/mol. The van der Waals surface area contributed by atoms with Crippen LogP contribution in [0.3, 0.4) is 0 Å². The average Bonchev–Trinajstić information content (AvgIpc) is 2.39. The third-order valence-electron chi connectivity index (χ3n) is 4.05. The van der Waals surface area contributed by atoms with Crippen molar-refractivity contribution < 1.29 is 4.39 Å². The first kappa shape index (κ1) is 11.0. The molecule has 0 bridgehead atoms. The molecule has 1 heterocycles. The van der Waals surface area contributed by atoms with Crippen LogP contribution in [0.15, 0.2) is 24.3 Å². The summed E-state index contributed by atoms with van der Waals surface area (Å²) in [6.45, 7) is 1.89. The third kappa shape index (κ3) is 2.04. The molecule has 1 saturated carbocycles. The zero-order valence-electron chi connectivity index (χ0n) is 10.0. The van der Waals surface area contributed by atoms with Crippen LogP contribution in [0.1, 0.15) is 25.7 Å². The van der Waals surface area contributed by atoms with Crippen molar-refractivity contribution in [1.82, 2.24) is 5.32 Å². The van der Waals surface area contributed by atoms with Gasteiger partial charge in [-0.3, -0.25) is 0 Å². The maximum absolute atomic E-state index is 13.9. The minimum atomic E-state index is -0.0845. The van der Waals surface area contributed by atoms with Crippen molar-refractivity contribution >= 4 is 5.69 Å². The summed E-state index contributed by atoms with van der Waals surface area (Å²) in [6.07, 6.45) is 4.99. The highest BCUT2D eigenvalue weighted by atomic mass is 19.1. The first-order valence-corrected chi connectivity index (χ1v) is 6.61. The molecule has 17 heavy (non-hydrogen) atoms. The molecule has 1 saturated heterocycles. The summed E-state index contributed by atoms with van der Waals surface area (Å²) in [5, 5.41) is 3.58. The normalized spacial score (nSPS) is 28.9. The second kappa shape index (κ2) is 4.65. The largest absolute Gasteiger partial charge is 0.363 e. The van der Waals surface area contributed by atoms with Crippen molar-refractivity contribution in [1.29, 1.82) is 0 Å². The fourth-order valence-electron chi connectivity index (χ4n) is 3.24. The Labute approximate surface area is 102 Å². The summed E-state index contributed by atoms with van der Waals surface area (Å²) < 4.78 is 13.9. The smallest absolute Gasteiger partial charge is 0.146 e. The lowest BCUT2D eigenvalue weighted by atomic mass is 9.87. The summed E-state index contributed by atoms with van der Waals surface area (Å²) in [4.78, 5) is 2.27. The Balaban J connectivity index is 1.88. The van der Waals surface area contributed by atoms with Gasteiger partial charge in [-0.1, -0.05) is 25.0 Å². The number of fused-ring (bicyclic) bond motifs is 1. The lowest BCUT2D eigenvalue weighted by Crippen LogP contribution is -2.59. The summed E-state index contributed by atoms with van der Waals surface area (Å²) >= 11 is 0. The van der Waals surface area contributed by atoms with Crippen LogP contribution in [0, 0.1) is 5.82 Å². The quantitative estimate of drug-likeness (QED) is 0.803. The molecule has 3 heteroatoms. The molecule has 3 rings (SSSR count). The lowest BCUT2D eigenvalue weighted by molar-refractivity contribution is 0.282. The molecule has 2 nitrogen and oxygen atoms in total. The maximum atomic E-state index is 13.9. The van der Waals surface area contributed by atoms with E-state index in [4.69, 9.17) is 0 Å². The van der Waals surface area contributed by atoms with Gasteiger partial charge in [0.2, 0.25) is 0 Å². The lowest BCUT2D eigenvalue weighted by Gasteiger charge is -2.46. The number of rotatable bonds is 1. The van der Waals surface area contributed by atoms with Crippen molar-refractivity contribution in [2.24, 2.45) is 0 Å². The molecule has 2 fully saturated rings. The Morgan fingerprint density at radius 3 is 2.88 bits per heavy atom. The minimum absolute atomic E-state index is 0.0845. The molecular weight excluding hydrogens is 215 g/mol. The number of halogens is 1. The maximum Gasteiger partial charge on any atom is 0.146 e. The van der Waals surface area contributed by atoms with Gasteiger partial charge in [0, 0.05) is 25.2 Å². The zero-order valence-corrected chi connectivity index (χ0v) is 10.0. The van der Waals surface area contributed by atoms with E-state index in [0.717, 1.165) is 18.8 Å². The molecule has 0 aromatic heterocycles. The molecule has 2 aliphatic rings. The average molecular weight is 234 g/mol.